The lowest BCUT2D eigenvalue weighted by Crippen LogP contribution is -2.11. The maximum absolute atomic E-state index is 12.3. The SMILES string of the molecule is COP(=O)(OC)C(=C=C(C)C)C(C)(C)C. The second-order valence-electron chi connectivity index (χ2n) is 4.59. The fraction of sp³-hybridized carbons (Fsp3) is 0.727. The van der Waals surface area contributed by atoms with Crippen molar-refractivity contribution in [2.45, 2.75) is 34.6 Å². The van der Waals surface area contributed by atoms with E-state index in [1.807, 2.05) is 34.6 Å². The lowest BCUT2D eigenvalue weighted by atomic mass is 9.96. The van der Waals surface area contributed by atoms with Crippen LogP contribution in [0.25, 0.3) is 0 Å². The van der Waals surface area contributed by atoms with E-state index in [2.05, 4.69) is 5.73 Å². The van der Waals surface area contributed by atoms with E-state index in [1.165, 1.54) is 14.2 Å². The van der Waals surface area contributed by atoms with Crippen LogP contribution in [-0.2, 0) is 13.6 Å². The highest BCUT2D eigenvalue weighted by Crippen LogP contribution is 2.60. The minimum absolute atomic E-state index is 0.293. The summed E-state index contributed by atoms with van der Waals surface area (Å²) in [6.45, 7) is 9.69. The average molecular weight is 232 g/mol. The minimum atomic E-state index is -3.18. The van der Waals surface area contributed by atoms with Crippen LogP contribution in [0, 0.1) is 5.41 Å². The molecule has 0 aliphatic carbocycles. The van der Waals surface area contributed by atoms with Gasteiger partial charge in [0.15, 0.2) is 0 Å². The summed E-state index contributed by atoms with van der Waals surface area (Å²) in [5.41, 5.74) is 3.74. The van der Waals surface area contributed by atoms with Crippen molar-refractivity contribution in [3.8, 4) is 0 Å². The Kier molecular flexibility index (Phi) is 5.02. The monoisotopic (exact) mass is 232 g/mol. The molecule has 0 saturated carbocycles. The van der Waals surface area contributed by atoms with E-state index in [1.54, 1.807) is 0 Å². The first-order chi connectivity index (χ1) is 6.67. The van der Waals surface area contributed by atoms with E-state index < -0.39 is 7.60 Å². The smallest absolute Gasteiger partial charge is 0.308 e. The summed E-state index contributed by atoms with van der Waals surface area (Å²) in [7, 11) is -0.399. The second-order valence-corrected chi connectivity index (χ2v) is 6.76. The molecule has 88 valence electrons. The molecule has 0 atom stereocenters. The first-order valence-corrected chi connectivity index (χ1v) is 6.38. The van der Waals surface area contributed by atoms with Gasteiger partial charge in [0, 0.05) is 19.6 Å². The summed E-state index contributed by atoms with van der Waals surface area (Å²) in [6.07, 6.45) is 0. The molecule has 0 aromatic rings. The predicted octanol–water partition coefficient (Wildman–Crippen LogP) is 3.97. The van der Waals surface area contributed by atoms with Gasteiger partial charge in [0.25, 0.3) is 0 Å². The fourth-order valence-electron chi connectivity index (χ4n) is 1.16. The van der Waals surface area contributed by atoms with Crippen molar-refractivity contribution in [1.29, 1.82) is 0 Å². The van der Waals surface area contributed by atoms with E-state index in [-0.39, 0.29) is 5.41 Å². The third-order valence-corrected chi connectivity index (χ3v) is 4.13. The van der Waals surface area contributed by atoms with E-state index in [0.717, 1.165) is 5.57 Å². The van der Waals surface area contributed by atoms with Gasteiger partial charge >= 0.3 is 7.60 Å². The molecule has 4 heteroatoms. The van der Waals surface area contributed by atoms with Gasteiger partial charge in [0.05, 0.1) is 5.31 Å². The van der Waals surface area contributed by atoms with Crippen LogP contribution in [0.2, 0.25) is 0 Å². The lowest BCUT2D eigenvalue weighted by Gasteiger charge is -2.26. The second kappa shape index (κ2) is 5.14. The Morgan fingerprint density at radius 1 is 1.13 bits per heavy atom. The number of hydrogen-bond acceptors (Lipinski definition) is 3. The van der Waals surface area contributed by atoms with E-state index in [0.29, 0.717) is 5.31 Å². The van der Waals surface area contributed by atoms with Crippen molar-refractivity contribution in [1.82, 2.24) is 0 Å². The Balaban J connectivity index is 5.75. The Morgan fingerprint density at radius 3 is 1.73 bits per heavy atom. The molecule has 3 nitrogen and oxygen atoms in total. The molecule has 0 bridgehead atoms. The van der Waals surface area contributed by atoms with Crippen LogP contribution in [-0.4, -0.2) is 14.2 Å². The molecule has 0 saturated heterocycles. The minimum Gasteiger partial charge on any atom is -0.308 e. The molecular formula is C11H21O3P. The van der Waals surface area contributed by atoms with Gasteiger partial charge in [-0.2, -0.15) is 0 Å². The van der Waals surface area contributed by atoms with E-state index in [9.17, 15) is 4.57 Å². The van der Waals surface area contributed by atoms with Crippen molar-refractivity contribution in [2.75, 3.05) is 14.2 Å². The molecule has 0 N–H and O–H groups in total. The highest BCUT2D eigenvalue weighted by molar-refractivity contribution is 7.58. The van der Waals surface area contributed by atoms with Crippen LogP contribution in [0.3, 0.4) is 0 Å². The Morgan fingerprint density at radius 2 is 1.53 bits per heavy atom. The Hall–Kier alpha value is -0.330. The van der Waals surface area contributed by atoms with Crippen molar-refractivity contribution in [3.63, 3.8) is 0 Å². The van der Waals surface area contributed by atoms with Crippen molar-refractivity contribution >= 4 is 7.60 Å². The lowest BCUT2D eigenvalue weighted by molar-refractivity contribution is 0.275. The standard InChI is InChI=1S/C11H21O3P/c1-9(2)8-10(11(3,4)5)15(12,13-6)14-7/h1-7H3. The summed E-state index contributed by atoms with van der Waals surface area (Å²) >= 11 is 0. The van der Waals surface area contributed by atoms with Gasteiger partial charge in [0.2, 0.25) is 0 Å². The molecule has 0 unspecified atom stereocenters. The molecule has 0 radical (unpaired) electrons. The molecule has 15 heavy (non-hydrogen) atoms. The summed E-state index contributed by atoms with van der Waals surface area (Å²) in [6, 6.07) is 0. The molecule has 0 rings (SSSR count). The average Bonchev–Trinajstić information content (AvgIpc) is 2.11. The van der Waals surface area contributed by atoms with Gasteiger partial charge in [0.1, 0.15) is 0 Å². The largest absolute Gasteiger partial charge is 0.364 e. The first-order valence-electron chi connectivity index (χ1n) is 4.84. The van der Waals surface area contributed by atoms with Crippen LogP contribution in [0.15, 0.2) is 16.6 Å². The quantitative estimate of drug-likeness (QED) is 0.545. The zero-order valence-corrected chi connectivity index (χ0v) is 11.6. The third kappa shape index (κ3) is 3.96. The summed E-state index contributed by atoms with van der Waals surface area (Å²) in [5.74, 6) is 0. The maximum atomic E-state index is 12.3. The van der Waals surface area contributed by atoms with Crippen LogP contribution in [0.5, 0.6) is 0 Å². The number of allylic oxidation sites excluding steroid dienone is 1. The third-order valence-electron chi connectivity index (χ3n) is 1.83. The van der Waals surface area contributed by atoms with Crippen LogP contribution in [0.4, 0.5) is 0 Å². The number of hydrogen-bond donors (Lipinski definition) is 0. The maximum Gasteiger partial charge on any atom is 0.364 e. The molecule has 0 heterocycles. The predicted molar refractivity (Wildman–Crippen MR) is 63.0 cm³/mol. The van der Waals surface area contributed by atoms with Crippen molar-refractivity contribution in [3.05, 3.63) is 16.6 Å². The molecule has 0 fully saturated rings. The molecule has 0 aromatic carbocycles. The zero-order valence-electron chi connectivity index (χ0n) is 10.7. The van der Waals surface area contributed by atoms with Crippen LogP contribution >= 0.6 is 7.60 Å². The van der Waals surface area contributed by atoms with E-state index >= 15 is 0 Å². The molecule has 0 spiro atoms. The molecular weight excluding hydrogens is 211 g/mol. The topological polar surface area (TPSA) is 35.5 Å². The van der Waals surface area contributed by atoms with Gasteiger partial charge in [-0.3, -0.25) is 4.57 Å². The molecule has 0 aliphatic heterocycles. The van der Waals surface area contributed by atoms with Gasteiger partial charge in [-0.15, -0.1) is 5.73 Å². The first kappa shape index (κ1) is 14.7. The highest BCUT2D eigenvalue weighted by atomic mass is 31.2. The van der Waals surface area contributed by atoms with Crippen molar-refractivity contribution in [2.24, 2.45) is 5.41 Å². The van der Waals surface area contributed by atoms with E-state index in [4.69, 9.17) is 9.05 Å². The summed E-state index contributed by atoms with van der Waals surface area (Å²) in [5, 5.41) is 0.583. The zero-order chi connectivity index (χ0) is 12.3. The molecule has 0 aromatic heterocycles. The van der Waals surface area contributed by atoms with Gasteiger partial charge in [-0.1, -0.05) is 20.8 Å². The van der Waals surface area contributed by atoms with Crippen LogP contribution < -0.4 is 0 Å². The molecule has 0 amide bonds. The Labute approximate surface area is 92.7 Å². The molecule has 0 aliphatic rings. The normalized spacial score (nSPS) is 12.2. The van der Waals surface area contributed by atoms with Gasteiger partial charge in [-0.05, 0) is 19.4 Å². The van der Waals surface area contributed by atoms with Gasteiger partial charge < -0.3 is 9.05 Å². The summed E-state index contributed by atoms with van der Waals surface area (Å²) in [4.78, 5) is 0. The van der Waals surface area contributed by atoms with Crippen LogP contribution in [0.1, 0.15) is 34.6 Å². The van der Waals surface area contributed by atoms with Gasteiger partial charge in [-0.25, -0.2) is 0 Å². The highest BCUT2D eigenvalue weighted by Gasteiger charge is 2.36. The fourth-order valence-corrected chi connectivity index (χ4v) is 2.86. The summed E-state index contributed by atoms with van der Waals surface area (Å²) < 4.78 is 22.3. The Bertz CT molecular complexity index is 318. The number of rotatable bonds is 3. The van der Waals surface area contributed by atoms with Crippen molar-refractivity contribution < 1.29 is 13.6 Å².